The maximum absolute atomic E-state index is 11.1. The van der Waals surface area contributed by atoms with E-state index in [1.807, 2.05) is 6.07 Å². The second kappa shape index (κ2) is 4.67. The Kier molecular flexibility index (Phi) is 3.52. The monoisotopic (exact) mass is 183 g/mol. The van der Waals surface area contributed by atoms with Gasteiger partial charge in [0.2, 0.25) is 0 Å². The lowest BCUT2D eigenvalue weighted by atomic mass is 10.0. The van der Waals surface area contributed by atoms with Gasteiger partial charge in [0.05, 0.1) is 19.3 Å². The first-order valence-corrected chi connectivity index (χ1v) is 4.08. The highest BCUT2D eigenvalue weighted by Gasteiger charge is 2.18. The minimum absolute atomic E-state index is 0.271. The zero-order chi connectivity index (χ0) is 9.68. The summed E-state index contributed by atoms with van der Waals surface area (Å²) in [5.74, 6) is 0.149. The molecule has 1 aromatic rings. The fourth-order valence-corrected chi connectivity index (χ4v) is 1.10. The van der Waals surface area contributed by atoms with Crippen molar-refractivity contribution in [3.05, 3.63) is 24.2 Å². The quantitative estimate of drug-likeness (QED) is 0.693. The molecule has 0 aliphatic rings. The lowest BCUT2D eigenvalue weighted by molar-refractivity contribution is -0.145. The molecule has 0 saturated heterocycles. The Bertz CT molecular complexity index is 256. The molecule has 1 heterocycles. The van der Waals surface area contributed by atoms with E-state index >= 15 is 0 Å². The minimum Gasteiger partial charge on any atom is -0.469 e. The van der Waals surface area contributed by atoms with E-state index < -0.39 is 0 Å². The molecular weight excluding hydrogens is 170 g/mol. The maximum Gasteiger partial charge on any atom is 0.310 e. The van der Waals surface area contributed by atoms with E-state index in [-0.39, 0.29) is 18.4 Å². The lowest BCUT2D eigenvalue weighted by Gasteiger charge is -2.09. The van der Waals surface area contributed by atoms with Gasteiger partial charge in [0.1, 0.15) is 5.76 Å². The van der Waals surface area contributed by atoms with Crippen molar-refractivity contribution < 1.29 is 13.9 Å². The number of esters is 1. The lowest BCUT2D eigenvalue weighted by Crippen LogP contribution is -2.26. The van der Waals surface area contributed by atoms with Gasteiger partial charge in [-0.05, 0) is 12.1 Å². The number of furan rings is 1. The van der Waals surface area contributed by atoms with Crippen LogP contribution in [0.1, 0.15) is 5.76 Å². The predicted octanol–water partition coefficient (Wildman–Crippen LogP) is 0.570. The summed E-state index contributed by atoms with van der Waals surface area (Å²) in [6.07, 6.45) is 2.07. The number of carbonyl (C=O) groups is 1. The molecule has 13 heavy (non-hydrogen) atoms. The molecule has 0 aromatic carbocycles. The molecule has 0 bridgehead atoms. The highest BCUT2D eigenvalue weighted by Crippen LogP contribution is 2.09. The molecule has 4 nitrogen and oxygen atoms in total. The van der Waals surface area contributed by atoms with Crippen LogP contribution in [-0.2, 0) is 16.0 Å². The van der Waals surface area contributed by atoms with E-state index in [4.69, 9.17) is 10.2 Å². The number of carbonyl (C=O) groups excluding carboxylic acids is 1. The molecule has 0 aliphatic heterocycles. The second-order valence-corrected chi connectivity index (χ2v) is 2.74. The highest BCUT2D eigenvalue weighted by molar-refractivity contribution is 5.72. The van der Waals surface area contributed by atoms with E-state index in [0.717, 1.165) is 5.76 Å². The number of nitrogens with two attached hydrogens (primary N) is 1. The summed E-state index contributed by atoms with van der Waals surface area (Å²) in [7, 11) is 1.35. The Morgan fingerprint density at radius 3 is 3.00 bits per heavy atom. The van der Waals surface area contributed by atoms with Crippen LogP contribution in [0.5, 0.6) is 0 Å². The molecule has 1 aromatic heterocycles. The molecule has 1 unspecified atom stereocenters. The van der Waals surface area contributed by atoms with Crippen LogP contribution in [0, 0.1) is 5.92 Å². The van der Waals surface area contributed by atoms with Crippen molar-refractivity contribution in [1.82, 2.24) is 0 Å². The Labute approximate surface area is 76.7 Å². The van der Waals surface area contributed by atoms with Crippen molar-refractivity contribution in [2.75, 3.05) is 13.7 Å². The van der Waals surface area contributed by atoms with Crippen molar-refractivity contribution in [2.24, 2.45) is 11.7 Å². The smallest absolute Gasteiger partial charge is 0.310 e. The molecule has 1 atom stereocenters. The first-order chi connectivity index (χ1) is 6.27. The molecule has 0 aliphatic carbocycles. The molecule has 0 saturated carbocycles. The zero-order valence-corrected chi connectivity index (χ0v) is 7.53. The summed E-state index contributed by atoms with van der Waals surface area (Å²) in [6, 6.07) is 3.59. The number of hydrogen-bond donors (Lipinski definition) is 1. The van der Waals surface area contributed by atoms with Crippen LogP contribution in [0.3, 0.4) is 0 Å². The summed E-state index contributed by atoms with van der Waals surface area (Å²) >= 11 is 0. The molecule has 1 rings (SSSR count). The molecule has 2 N–H and O–H groups in total. The van der Waals surface area contributed by atoms with Crippen LogP contribution in [-0.4, -0.2) is 19.6 Å². The van der Waals surface area contributed by atoms with Crippen LogP contribution < -0.4 is 5.73 Å². The Morgan fingerprint density at radius 2 is 2.54 bits per heavy atom. The molecular formula is C9H13NO3. The summed E-state index contributed by atoms with van der Waals surface area (Å²) in [4.78, 5) is 11.1. The Balaban J connectivity index is 2.54. The van der Waals surface area contributed by atoms with Gasteiger partial charge in [0.15, 0.2) is 0 Å². The Hall–Kier alpha value is -1.29. The van der Waals surface area contributed by atoms with E-state index in [2.05, 4.69) is 4.74 Å². The number of hydrogen-bond acceptors (Lipinski definition) is 4. The number of ether oxygens (including phenoxy) is 1. The molecule has 0 radical (unpaired) electrons. The van der Waals surface area contributed by atoms with Crippen LogP contribution >= 0.6 is 0 Å². The zero-order valence-electron chi connectivity index (χ0n) is 7.53. The third kappa shape index (κ3) is 2.59. The second-order valence-electron chi connectivity index (χ2n) is 2.74. The minimum atomic E-state index is -0.309. The van der Waals surface area contributed by atoms with Crippen molar-refractivity contribution >= 4 is 5.97 Å². The fraction of sp³-hybridized carbons (Fsp3) is 0.444. The standard InChI is InChI=1S/C9H13NO3/c1-12-9(11)7(6-10)5-8-3-2-4-13-8/h2-4,7H,5-6,10H2,1H3. The molecule has 0 amide bonds. The van der Waals surface area contributed by atoms with Crippen molar-refractivity contribution in [1.29, 1.82) is 0 Å². The summed E-state index contributed by atoms with van der Waals surface area (Å²) in [5.41, 5.74) is 5.42. The van der Waals surface area contributed by atoms with Gasteiger partial charge in [0, 0.05) is 13.0 Å². The van der Waals surface area contributed by atoms with Gasteiger partial charge in [-0.1, -0.05) is 0 Å². The van der Waals surface area contributed by atoms with Crippen LogP contribution in [0.4, 0.5) is 0 Å². The van der Waals surface area contributed by atoms with Gasteiger partial charge in [-0.15, -0.1) is 0 Å². The van der Waals surface area contributed by atoms with Crippen molar-refractivity contribution in [3.63, 3.8) is 0 Å². The van der Waals surface area contributed by atoms with Crippen LogP contribution in [0.25, 0.3) is 0 Å². The van der Waals surface area contributed by atoms with Gasteiger partial charge in [-0.2, -0.15) is 0 Å². The SMILES string of the molecule is COC(=O)C(CN)Cc1ccco1. The number of methoxy groups -OCH3 is 1. The van der Waals surface area contributed by atoms with Crippen LogP contribution in [0.15, 0.2) is 22.8 Å². The van der Waals surface area contributed by atoms with Gasteiger partial charge < -0.3 is 14.9 Å². The average molecular weight is 183 g/mol. The fourth-order valence-electron chi connectivity index (χ4n) is 1.10. The predicted molar refractivity (Wildman–Crippen MR) is 47.0 cm³/mol. The average Bonchev–Trinajstić information content (AvgIpc) is 2.65. The van der Waals surface area contributed by atoms with E-state index in [0.29, 0.717) is 6.42 Å². The van der Waals surface area contributed by atoms with Crippen molar-refractivity contribution in [3.8, 4) is 0 Å². The summed E-state index contributed by atoms with van der Waals surface area (Å²) in [5, 5.41) is 0. The highest BCUT2D eigenvalue weighted by atomic mass is 16.5. The first kappa shape index (κ1) is 9.80. The third-order valence-electron chi connectivity index (χ3n) is 1.85. The maximum atomic E-state index is 11.1. The van der Waals surface area contributed by atoms with Crippen molar-refractivity contribution in [2.45, 2.75) is 6.42 Å². The summed E-state index contributed by atoms with van der Waals surface area (Å²) in [6.45, 7) is 0.271. The molecule has 0 spiro atoms. The van der Waals surface area contributed by atoms with E-state index in [9.17, 15) is 4.79 Å². The third-order valence-corrected chi connectivity index (χ3v) is 1.85. The topological polar surface area (TPSA) is 65.5 Å². The summed E-state index contributed by atoms with van der Waals surface area (Å²) < 4.78 is 9.69. The largest absolute Gasteiger partial charge is 0.469 e. The normalized spacial score (nSPS) is 12.5. The number of rotatable bonds is 4. The molecule has 72 valence electrons. The first-order valence-electron chi connectivity index (χ1n) is 4.08. The van der Waals surface area contributed by atoms with Gasteiger partial charge in [-0.25, -0.2) is 0 Å². The van der Waals surface area contributed by atoms with E-state index in [1.165, 1.54) is 7.11 Å². The van der Waals surface area contributed by atoms with Gasteiger partial charge in [0.25, 0.3) is 0 Å². The van der Waals surface area contributed by atoms with Gasteiger partial charge in [-0.3, -0.25) is 4.79 Å². The molecule has 4 heteroatoms. The molecule has 0 fully saturated rings. The van der Waals surface area contributed by atoms with Gasteiger partial charge >= 0.3 is 5.97 Å². The van der Waals surface area contributed by atoms with Crippen LogP contribution in [0.2, 0.25) is 0 Å². The Morgan fingerprint density at radius 1 is 1.77 bits per heavy atom. The van der Waals surface area contributed by atoms with E-state index in [1.54, 1.807) is 12.3 Å².